The fraction of sp³-hybridized carbons (Fsp3) is 0.941. The third-order valence-electron chi connectivity index (χ3n) is 20.9. The first-order valence-corrected chi connectivity index (χ1v) is 55.6. The number of nitrogens with two attached hydrogens (primary N) is 2. The molecule has 3 atom stereocenters. The molecule has 0 aromatic carbocycles. The Balaban J connectivity index is 3.56. The van der Waals surface area contributed by atoms with Crippen molar-refractivity contribution in [2.75, 3.05) is 421 Å². The summed E-state index contributed by atoms with van der Waals surface area (Å²) in [7, 11) is 0. The summed E-state index contributed by atoms with van der Waals surface area (Å²) >= 11 is 1.29. The summed E-state index contributed by atoms with van der Waals surface area (Å²) in [6, 6.07) is -2.28. The number of unbranched alkanes of at least 4 members (excludes halogenated alkanes) is 22. The molecule has 872 valence electrons. The number of primary amides is 1. The molecule has 0 aliphatic carbocycles. The zero-order chi connectivity index (χ0) is 106. The highest BCUT2D eigenvalue weighted by Gasteiger charge is 2.25. The number of hydrogen-bond acceptors (Lipinski definition) is 41. The van der Waals surface area contributed by atoms with Gasteiger partial charge in [-0.2, -0.15) is 11.8 Å². The molecule has 0 aromatic rings. The van der Waals surface area contributed by atoms with Crippen LogP contribution in [-0.4, -0.2) is 480 Å². The maximum absolute atomic E-state index is 13.1. The molecule has 0 radical (unpaired) electrons. The first kappa shape index (κ1) is 143. The fourth-order valence-electron chi connectivity index (χ4n) is 12.8. The van der Waals surface area contributed by atoms with Crippen LogP contribution < -0.4 is 27.4 Å². The van der Waals surface area contributed by atoms with E-state index in [0.717, 1.165) is 38.5 Å². The number of thioether (sulfide) groups is 1. The van der Waals surface area contributed by atoms with E-state index in [-0.39, 0.29) is 70.0 Å². The van der Waals surface area contributed by atoms with Gasteiger partial charge >= 0.3 is 12.3 Å². The fourth-order valence-corrected chi connectivity index (χ4v) is 13.8. The van der Waals surface area contributed by atoms with Gasteiger partial charge in [-0.3, -0.25) is 19.2 Å². The molecule has 4 amide bonds. The lowest BCUT2D eigenvalue weighted by Gasteiger charge is -2.20. The van der Waals surface area contributed by atoms with Crippen molar-refractivity contribution in [3.05, 3.63) is 0 Å². The van der Waals surface area contributed by atoms with Crippen LogP contribution in [0.15, 0.2) is 0 Å². The van der Waals surface area contributed by atoms with Crippen LogP contribution in [0.3, 0.4) is 0 Å². The van der Waals surface area contributed by atoms with Crippen LogP contribution in [0.4, 0.5) is 9.59 Å². The Morgan fingerprint density at radius 1 is 0.252 bits per heavy atom. The van der Waals surface area contributed by atoms with Gasteiger partial charge in [0.1, 0.15) is 12.1 Å². The van der Waals surface area contributed by atoms with E-state index in [1.807, 2.05) is 0 Å². The van der Waals surface area contributed by atoms with Crippen LogP contribution in [0.2, 0.25) is 0 Å². The SMILES string of the molecule is CCCCCCCCCCCCCCOC(=O)OCCC[C@H](CSC[C@H](N)C(=O)N[C@@H](CO)C(=O)NCCOCCOCCOCCOCCOCCOCCOCCOCCOCCOCCOCCOCCOCCOCCOCCOCCOCCOCCOCCOCCOCCOCCOCCOCCOCCOCCOCCOCCC(=O)NCC(N)=O)OC(=O)OCCCCCCCCCCCCCC. The zero-order valence-electron chi connectivity index (χ0n) is 90.1. The van der Waals surface area contributed by atoms with E-state index >= 15 is 0 Å². The van der Waals surface area contributed by atoms with Crippen LogP contribution in [0, 0.1) is 0 Å². The Labute approximate surface area is 882 Å². The lowest BCUT2D eigenvalue weighted by atomic mass is 10.1. The second-order valence-corrected chi connectivity index (χ2v) is 34.6. The van der Waals surface area contributed by atoms with Crippen LogP contribution in [0.5, 0.6) is 0 Å². The van der Waals surface area contributed by atoms with Crippen molar-refractivity contribution < 1.29 is 185 Å². The smallest absolute Gasteiger partial charge is 0.434 e. The van der Waals surface area contributed by atoms with E-state index < -0.39 is 54.8 Å². The molecule has 8 N–H and O–H groups in total. The summed E-state index contributed by atoms with van der Waals surface area (Å²) in [6.07, 6.45) is 27.6. The van der Waals surface area contributed by atoms with Gasteiger partial charge in [0, 0.05) is 24.5 Å². The summed E-state index contributed by atoms with van der Waals surface area (Å²) < 4.78 is 177. The number of aliphatic hydroxyl groups is 1. The largest absolute Gasteiger partial charge is 0.508 e. The van der Waals surface area contributed by atoms with Crippen molar-refractivity contribution in [1.82, 2.24) is 16.0 Å². The molecule has 0 saturated carbocycles. The highest BCUT2D eigenvalue weighted by molar-refractivity contribution is 7.99. The lowest BCUT2D eigenvalue weighted by molar-refractivity contribution is -0.130. The average molecular weight is 2150 g/mol. The maximum atomic E-state index is 13.1. The minimum Gasteiger partial charge on any atom is -0.434 e. The molecule has 147 heavy (non-hydrogen) atoms. The van der Waals surface area contributed by atoms with E-state index in [4.69, 9.17) is 163 Å². The molecule has 45 heteroatoms. The zero-order valence-corrected chi connectivity index (χ0v) is 90.9. The third kappa shape index (κ3) is 120. The second kappa shape index (κ2) is 125. The number of nitrogens with one attached hydrogen (secondary N) is 3. The van der Waals surface area contributed by atoms with Gasteiger partial charge in [-0.1, -0.05) is 155 Å². The Morgan fingerprint density at radius 3 is 0.707 bits per heavy atom. The third-order valence-corrected chi connectivity index (χ3v) is 22.1. The average Bonchev–Trinajstić information content (AvgIpc) is 0.904. The van der Waals surface area contributed by atoms with Gasteiger partial charge in [0.05, 0.1) is 409 Å². The van der Waals surface area contributed by atoms with Gasteiger partial charge in [-0.05, 0) is 25.7 Å². The van der Waals surface area contributed by atoms with Gasteiger partial charge in [0.15, 0.2) is 0 Å². The molecule has 0 fully saturated rings. The van der Waals surface area contributed by atoms with Crippen molar-refractivity contribution >= 4 is 47.7 Å². The number of carbonyl (C=O) groups is 6. The second-order valence-electron chi connectivity index (χ2n) is 33.5. The first-order chi connectivity index (χ1) is 72.5. The molecule has 0 rings (SSSR count). The molecule has 0 aliphatic rings. The van der Waals surface area contributed by atoms with Gasteiger partial charge in [-0.15, -0.1) is 0 Å². The van der Waals surface area contributed by atoms with Crippen molar-refractivity contribution in [3.63, 3.8) is 0 Å². The molecule has 44 nitrogen and oxygen atoms in total. The van der Waals surface area contributed by atoms with Crippen LogP contribution in [-0.2, 0) is 171 Å². The Kier molecular flexibility index (Phi) is 121. The molecule has 0 spiro atoms. The molecular weight excluding hydrogens is 1950 g/mol. The summed E-state index contributed by atoms with van der Waals surface area (Å²) in [4.78, 5) is 73.2. The van der Waals surface area contributed by atoms with Crippen LogP contribution >= 0.6 is 11.8 Å². The van der Waals surface area contributed by atoms with Crippen LogP contribution in [0.25, 0.3) is 0 Å². The molecule has 0 aliphatic heterocycles. The normalized spacial score (nSPS) is 12.2. The molecule has 0 saturated heterocycles. The van der Waals surface area contributed by atoms with E-state index in [2.05, 4.69) is 29.8 Å². The lowest BCUT2D eigenvalue weighted by Crippen LogP contribution is -2.54. The van der Waals surface area contributed by atoms with Crippen molar-refractivity contribution in [3.8, 4) is 0 Å². The van der Waals surface area contributed by atoms with Crippen LogP contribution in [0.1, 0.15) is 187 Å². The number of carbonyl (C=O) groups excluding carboxylic acids is 6. The summed E-state index contributed by atoms with van der Waals surface area (Å²) in [6.45, 7) is 28.6. The van der Waals surface area contributed by atoms with E-state index in [1.165, 1.54) is 127 Å². The van der Waals surface area contributed by atoms with Gasteiger partial charge < -0.3 is 184 Å². The highest BCUT2D eigenvalue weighted by atomic mass is 32.2. The number of amides is 4. The van der Waals surface area contributed by atoms with E-state index in [9.17, 15) is 33.9 Å². The number of aliphatic hydroxyl groups excluding tert-OH is 1. The summed E-state index contributed by atoms with van der Waals surface area (Å²) in [5.41, 5.74) is 11.2. The predicted molar refractivity (Wildman–Crippen MR) is 552 cm³/mol. The van der Waals surface area contributed by atoms with Gasteiger partial charge in [0.25, 0.3) is 0 Å². The van der Waals surface area contributed by atoms with E-state index in [1.54, 1.807) is 0 Å². The van der Waals surface area contributed by atoms with Gasteiger partial charge in [0.2, 0.25) is 23.6 Å². The topological polar surface area (TPSA) is 506 Å². The molecule has 0 unspecified atom stereocenters. The minimum atomic E-state index is -1.24. The molecule has 0 aromatic heterocycles. The van der Waals surface area contributed by atoms with Crippen molar-refractivity contribution in [1.29, 1.82) is 0 Å². The Bertz CT molecular complexity index is 2690. The summed E-state index contributed by atoms with van der Waals surface area (Å²) in [5, 5.41) is 17.5. The number of rotatable bonds is 128. The molecule has 0 heterocycles. The Hall–Kier alpha value is -4.43. The quantitative estimate of drug-likeness (QED) is 0.0248. The number of ether oxygens (including phenoxy) is 32. The molecule has 0 bridgehead atoms. The first-order valence-electron chi connectivity index (χ1n) is 54.4. The van der Waals surface area contributed by atoms with E-state index in [0.29, 0.717) is 370 Å². The minimum absolute atomic E-state index is 0.0729. The predicted octanol–water partition coefficient (Wildman–Crippen LogP) is 7.95. The van der Waals surface area contributed by atoms with Crippen molar-refractivity contribution in [2.45, 2.75) is 205 Å². The number of hydrogen-bond donors (Lipinski definition) is 6. The monoisotopic (exact) mass is 2150 g/mol. The van der Waals surface area contributed by atoms with Crippen molar-refractivity contribution in [2.24, 2.45) is 11.5 Å². The standard InChI is InChI=1S/C102H199N5O39S/c1-3-5-7-9-11-13-15-17-19-21-23-25-31-143-101(113)144-33-27-28-94(146-102(114)145-32-26-24-22-20-18-16-14-12-10-8-6-4-2)92-147-93-95(103)99(111)107-96(91-108)100(112)105-30-35-116-37-39-118-41-43-120-45-47-122-49-51-124-53-55-126-57-59-128-61-63-130-65-67-132-69-71-134-73-75-136-77-79-138-81-83-140-85-87-142-89-88-141-86-84-139-82-80-137-78-76-135-74-72-133-70-68-131-66-64-129-62-60-127-58-56-125-54-52-123-50-48-121-46-44-119-42-40-117-38-36-115-34-29-98(110)106-90-97(104)109/h94-96,108H,3-93,103H2,1-2H3,(H2,104,109)(H,105,112)(H,106,110)(H,107,111)/t94-,95+,96+/m1/s1. The summed E-state index contributed by atoms with van der Waals surface area (Å²) in [5.74, 6) is -1.73. The van der Waals surface area contributed by atoms with Gasteiger partial charge in [-0.25, -0.2) is 9.59 Å². The Morgan fingerprint density at radius 2 is 0.469 bits per heavy atom. The maximum Gasteiger partial charge on any atom is 0.508 e. The highest BCUT2D eigenvalue weighted by Crippen LogP contribution is 2.17. The molecular formula is C102H199N5O39S.